The molecule has 0 fully saturated rings. The Morgan fingerprint density at radius 3 is 1.08 bits per heavy atom. The van der Waals surface area contributed by atoms with Crippen molar-refractivity contribution in [3.63, 3.8) is 0 Å². The van der Waals surface area contributed by atoms with Crippen molar-refractivity contribution in [2.45, 2.75) is 25.4 Å². The Labute approximate surface area is 555 Å². The largest absolute Gasteiger partial charge is 0.480 e. The number of H-pyrrole nitrogens is 1. The summed E-state index contributed by atoms with van der Waals surface area (Å²) < 4.78 is 110. The van der Waals surface area contributed by atoms with Crippen molar-refractivity contribution in [2.24, 2.45) is 5.73 Å². The normalized spacial score (nSPS) is 11.8. The van der Waals surface area contributed by atoms with Crippen molar-refractivity contribution in [3.8, 4) is 0 Å². The van der Waals surface area contributed by atoms with Crippen LogP contribution in [0.5, 0.6) is 0 Å². The molecule has 1 aromatic carbocycles. The molecular weight excluding hydrogens is 1260 g/mol. The fraction of sp³-hybridized carbons (Fsp3) is 0.754. The molecule has 34 heteroatoms. The Morgan fingerprint density at radius 2 is 0.768 bits per heavy atom. The third-order valence-corrected chi connectivity index (χ3v) is 12.3. The van der Waals surface area contributed by atoms with Crippen LogP contribution in [0, 0.1) is 0 Å². The zero-order valence-corrected chi connectivity index (χ0v) is 55.0. The maximum absolute atomic E-state index is 12.8. The summed E-state index contributed by atoms with van der Waals surface area (Å²) >= 11 is 0. The van der Waals surface area contributed by atoms with Crippen LogP contribution in [0.15, 0.2) is 35.3 Å². The highest BCUT2D eigenvalue weighted by Gasteiger charge is 2.22. The molecule has 0 aliphatic rings. The molecular formula is C61H105N9O25. The summed E-state index contributed by atoms with van der Waals surface area (Å²) in [6, 6.07) is 5.01. The number of carboxylic acids is 1. The molecule has 2 amide bonds. The number of nitrogens with zero attached hydrogens (tertiary/aromatic N) is 3. The first-order valence-electron chi connectivity index (χ1n) is 32.2. The van der Waals surface area contributed by atoms with Gasteiger partial charge in [-0.15, -0.1) is 0 Å². The van der Waals surface area contributed by atoms with Crippen molar-refractivity contribution in [2.75, 3.05) is 288 Å². The lowest BCUT2D eigenvalue weighted by atomic mass is 10.1. The molecule has 34 nitrogen and oxygen atoms in total. The summed E-state index contributed by atoms with van der Waals surface area (Å²) in [7, 11) is 0. The van der Waals surface area contributed by atoms with E-state index in [0.29, 0.717) is 276 Å². The maximum atomic E-state index is 12.8. The number of carboxylic acid groups (broad SMARTS) is 1. The van der Waals surface area contributed by atoms with Crippen LogP contribution in [0.25, 0.3) is 11.2 Å². The molecule has 0 spiro atoms. The SMILES string of the molecule is NCCOCCOCCOCCOCCOCCOCCOCCOCCOCCOCCOCCOCCOCCOCCOCCOCCOCCOCCOCCOCCNC(=O)CC[C@H](NC(=O)c1ccc(NCc2cnc3nc(N)[nH]c(=O)c3n2)cc1)C(=O)O. The van der Waals surface area contributed by atoms with Crippen LogP contribution < -0.4 is 33.0 Å². The molecule has 0 saturated heterocycles. The van der Waals surface area contributed by atoms with Gasteiger partial charge in [0, 0.05) is 30.8 Å². The van der Waals surface area contributed by atoms with Crippen LogP contribution in [-0.4, -0.2) is 326 Å². The van der Waals surface area contributed by atoms with E-state index < -0.39 is 23.5 Å². The molecule has 0 radical (unpaired) electrons. The molecule has 0 aliphatic carbocycles. The molecule has 3 aromatic rings. The lowest BCUT2D eigenvalue weighted by Crippen LogP contribution is -2.41. The van der Waals surface area contributed by atoms with E-state index in [1.165, 1.54) is 18.3 Å². The number of carbonyl (C=O) groups excluding carboxylic acids is 2. The minimum absolute atomic E-state index is 0.0487. The number of ether oxygens (including phenoxy) is 20. The van der Waals surface area contributed by atoms with Gasteiger partial charge in [0.2, 0.25) is 11.9 Å². The molecule has 2 heterocycles. The summed E-state index contributed by atoms with van der Waals surface area (Å²) in [6.07, 6.45) is 1.22. The van der Waals surface area contributed by atoms with Crippen molar-refractivity contribution in [1.29, 1.82) is 0 Å². The van der Waals surface area contributed by atoms with E-state index in [4.69, 9.17) is 106 Å². The summed E-state index contributed by atoms with van der Waals surface area (Å²) in [5.41, 5.74) is 11.9. The smallest absolute Gasteiger partial charge is 0.326 e. The van der Waals surface area contributed by atoms with Gasteiger partial charge in [0.25, 0.3) is 11.5 Å². The van der Waals surface area contributed by atoms with E-state index in [0.717, 1.165) is 0 Å². The first-order valence-corrected chi connectivity index (χ1v) is 32.2. The molecule has 3 rings (SSSR count). The van der Waals surface area contributed by atoms with Gasteiger partial charge in [0.15, 0.2) is 11.2 Å². The predicted octanol–water partition coefficient (Wildman–Crippen LogP) is -0.723. The van der Waals surface area contributed by atoms with Gasteiger partial charge in [-0.2, -0.15) is 4.98 Å². The number of nitrogens with two attached hydrogens (primary N) is 2. The Balaban J connectivity index is 0.915. The van der Waals surface area contributed by atoms with E-state index in [2.05, 4.69) is 35.9 Å². The highest BCUT2D eigenvalue weighted by Crippen LogP contribution is 2.13. The van der Waals surface area contributed by atoms with Gasteiger partial charge in [0.05, 0.1) is 283 Å². The molecule has 95 heavy (non-hydrogen) atoms. The predicted molar refractivity (Wildman–Crippen MR) is 343 cm³/mol. The molecule has 1 atom stereocenters. The van der Waals surface area contributed by atoms with Crippen molar-refractivity contribution < 1.29 is 114 Å². The van der Waals surface area contributed by atoms with Crippen LogP contribution in [-0.2, 0) is 111 Å². The number of nitrogen functional groups attached to an aromatic ring is 1. The number of benzene rings is 1. The summed E-state index contributed by atoms with van der Waals surface area (Å²) in [5.74, 6) is -2.33. The number of fused-ring (bicyclic) bond motifs is 1. The minimum atomic E-state index is -1.29. The number of aromatic amines is 1. The van der Waals surface area contributed by atoms with Crippen LogP contribution in [0.3, 0.4) is 0 Å². The Kier molecular flexibility index (Phi) is 54.8. The van der Waals surface area contributed by atoms with Gasteiger partial charge in [-0.1, -0.05) is 0 Å². The molecule has 544 valence electrons. The number of hydrogen-bond donors (Lipinski definition) is 7. The van der Waals surface area contributed by atoms with E-state index in [9.17, 15) is 24.3 Å². The van der Waals surface area contributed by atoms with Crippen LogP contribution in [0.2, 0.25) is 0 Å². The third kappa shape index (κ3) is 49.7. The average molecular weight is 1360 g/mol. The number of nitrogens with one attached hydrogen (secondary N) is 4. The molecule has 0 unspecified atom stereocenters. The quantitative estimate of drug-likeness (QED) is 0.0343. The fourth-order valence-corrected chi connectivity index (χ4v) is 7.48. The maximum Gasteiger partial charge on any atom is 0.326 e. The van der Waals surface area contributed by atoms with Crippen molar-refractivity contribution in [1.82, 2.24) is 30.6 Å². The number of carbonyl (C=O) groups is 3. The van der Waals surface area contributed by atoms with E-state index in [-0.39, 0.29) is 61.1 Å². The Bertz CT molecular complexity index is 2360. The Morgan fingerprint density at radius 1 is 0.453 bits per heavy atom. The van der Waals surface area contributed by atoms with E-state index in [1.54, 1.807) is 12.1 Å². The van der Waals surface area contributed by atoms with Gasteiger partial charge in [0.1, 0.15) is 6.04 Å². The summed E-state index contributed by atoms with van der Waals surface area (Å²) in [6.45, 7) is 19.2. The monoisotopic (exact) mass is 1360 g/mol. The summed E-state index contributed by atoms with van der Waals surface area (Å²) in [4.78, 5) is 63.9. The number of rotatable bonds is 71. The number of aromatic nitrogens is 4. The lowest BCUT2D eigenvalue weighted by Gasteiger charge is -2.15. The van der Waals surface area contributed by atoms with E-state index >= 15 is 0 Å². The summed E-state index contributed by atoms with van der Waals surface area (Å²) in [5, 5.41) is 17.9. The fourth-order valence-electron chi connectivity index (χ4n) is 7.48. The van der Waals surface area contributed by atoms with Gasteiger partial charge >= 0.3 is 5.97 Å². The lowest BCUT2D eigenvalue weighted by molar-refractivity contribution is -0.139. The van der Waals surface area contributed by atoms with Gasteiger partial charge in [-0.05, 0) is 30.7 Å². The highest BCUT2D eigenvalue weighted by molar-refractivity contribution is 5.97. The van der Waals surface area contributed by atoms with Crippen LogP contribution >= 0.6 is 0 Å². The number of anilines is 2. The highest BCUT2D eigenvalue weighted by atomic mass is 16.6. The van der Waals surface area contributed by atoms with Gasteiger partial charge < -0.3 is 127 Å². The second-order valence-corrected chi connectivity index (χ2v) is 19.7. The number of hydrogen-bond acceptors (Lipinski definition) is 30. The molecule has 0 bridgehead atoms. The second kappa shape index (κ2) is 62.2. The molecule has 2 aromatic heterocycles. The zero-order chi connectivity index (χ0) is 67.8. The first-order chi connectivity index (χ1) is 46.8. The van der Waals surface area contributed by atoms with Crippen molar-refractivity contribution >= 4 is 40.6 Å². The molecule has 0 aliphatic heterocycles. The molecule has 0 saturated carbocycles. The third-order valence-electron chi connectivity index (χ3n) is 12.3. The standard InChI is InChI=1S/C61H105N9O25/c62-7-9-76-11-13-78-15-17-80-19-21-82-23-25-84-27-29-86-31-33-88-35-37-90-39-41-92-43-45-94-47-48-95-46-44-93-42-40-91-38-36-89-34-32-87-30-28-85-26-24-83-22-20-81-18-16-79-14-12-77-10-8-64-55(71)6-5-54(60(74)75)68-58(72)51-1-3-52(4-2-51)65-49-53-50-66-57-56(67-53)59(73)70-61(63)69-57/h1-4,50,54,65H,5-49,62H2,(H,64,71)(H,68,72)(H,74,75)(H3,63,66,69,70,73)/t54-/m0/s1. The Hall–Kier alpha value is -5.39. The van der Waals surface area contributed by atoms with Gasteiger partial charge in [-0.3, -0.25) is 19.4 Å². The molecule has 9 N–H and O–H groups in total. The number of aliphatic carboxylic acids is 1. The van der Waals surface area contributed by atoms with Crippen molar-refractivity contribution in [3.05, 3.63) is 52.1 Å². The average Bonchev–Trinajstić information content (AvgIpc) is 0.913. The number of amides is 2. The second-order valence-electron chi connectivity index (χ2n) is 19.7. The van der Waals surface area contributed by atoms with E-state index in [1.807, 2.05) is 0 Å². The minimum Gasteiger partial charge on any atom is -0.480 e. The first kappa shape index (κ1) is 83.8. The van der Waals surface area contributed by atoms with Gasteiger partial charge in [-0.25, -0.2) is 14.8 Å². The van der Waals surface area contributed by atoms with Crippen LogP contribution in [0.1, 0.15) is 28.9 Å². The topological polar surface area (TPSA) is 416 Å². The zero-order valence-electron chi connectivity index (χ0n) is 55.0. The van der Waals surface area contributed by atoms with Crippen LogP contribution in [0.4, 0.5) is 11.6 Å².